The van der Waals surface area contributed by atoms with Crippen molar-refractivity contribution in [2.24, 2.45) is 4.99 Å². The number of isocyanates is 1. The number of rotatable bonds is 9. The Morgan fingerprint density at radius 1 is 0.743 bits per heavy atom. The summed E-state index contributed by atoms with van der Waals surface area (Å²) in [6.07, 6.45) is 3.87. The highest BCUT2D eigenvalue weighted by molar-refractivity contribution is 5.76. The molecule has 1 aromatic heterocycles. The molecule has 0 fully saturated rings. The second-order valence-corrected chi connectivity index (χ2v) is 6.89. The van der Waals surface area contributed by atoms with E-state index >= 15 is 0 Å². The third kappa shape index (κ3) is 6.23. The second kappa shape index (κ2) is 10.8. The Labute approximate surface area is 199 Å². The second-order valence-electron chi connectivity index (χ2n) is 6.89. The van der Waals surface area contributed by atoms with Gasteiger partial charge in [-0.1, -0.05) is 0 Å². The molecule has 0 saturated carbocycles. The number of nitrogens with one attached hydrogen (secondary N) is 3. The number of aldehydes is 1. The number of hydrogen-bond donors (Lipinski definition) is 3. The van der Waals surface area contributed by atoms with Gasteiger partial charge in [0.05, 0.1) is 5.69 Å². The summed E-state index contributed by atoms with van der Waals surface area (Å²) >= 11 is 0. The summed E-state index contributed by atoms with van der Waals surface area (Å²) in [6, 6.07) is 20.2. The molecule has 0 atom stereocenters. The average molecular weight is 464 g/mol. The fourth-order valence-electron chi connectivity index (χ4n) is 2.91. The van der Waals surface area contributed by atoms with E-state index in [2.05, 4.69) is 35.9 Å². The molecule has 0 unspecified atom stereocenters. The first-order chi connectivity index (χ1) is 17.1. The summed E-state index contributed by atoms with van der Waals surface area (Å²) in [5.41, 5.74) is 3.00. The van der Waals surface area contributed by atoms with Gasteiger partial charge in [-0.2, -0.15) is 19.9 Å². The van der Waals surface area contributed by atoms with Gasteiger partial charge in [-0.15, -0.1) is 5.26 Å². The van der Waals surface area contributed by atoms with Gasteiger partial charge >= 0.3 is 0 Å². The van der Waals surface area contributed by atoms with Crippen molar-refractivity contribution in [2.45, 2.75) is 0 Å². The van der Waals surface area contributed by atoms with Crippen molar-refractivity contribution in [3.05, 3.63) is 78.4 Å². The number of hydrogen-bond acceptors (Lipinski definition) is 11. The number of nitrogens with zero attached hydrogens (tertiary/aromatic N) is 5. The van der Waals surface area contributed by atoms with E-state index in [-0.39, 0.29) is 17.8 Å². The molecule has 11 heteroatoms. The van der Waals surface area contributed by atoms with Crippen LogP contribution in [0.25, 0.3) is 0 Å². The summed E-state index contributed by atoms with van der Waals surface area (Å²) < 4.78 is 4.79. The number of aliphatic imine (C=N–C) groups is 1. The molecule has 11 nitrogen and oxygen atoms in total. The molecular weight excluding hydrogens is 448 g/mol. The molecule has 170 valence electrons. The van der Waals surface area contributed by atoms with Gasteiger partial charge in [-0.25, -0.2) is 4.79 Å². The van der Waals surface area contributed by atoms with E-state index in [9.17, 15) is 9.59 Å². The molecule has 1 heterocycles. The minimum Gasteiger partial charge on any atom is -0.388 e. The monoisotopic (exact) mass is 464 g/mol. The standard InChI is InChI=1S/C24H16N8O3/c25-14-35-21-11-9-20(10-12-21)29-24-31-22(27-18-3-1-16(13-33)2-4-18)30-23(32-24)28-19-7-5-17(6-8-19)26-15-34/h1-13H,(H3,27,28,29,30,31,32). The normalized spacial score (nSPS) is 9.80. The van der Waals surface area contributed by atoms with E-state index in [1.165, 1.54) is 6.08 Å². The molecule has 0 saturated heterocycles. The van der Waals surface area contributed by atoms with Crippen molar-refractivity contribution in [3.8, 4) is 12.0 Å². The highest BCUT2D eigenvalue weighted by Gasteiger charge is 2.09. The molecule has 0 aliphatic rings. The Balaban J connectivity index is 1.61. The molecule has 0 aliphatic carbocycles. The zero-order chi connectivity index (χ0) is 24.5. The van der Waals surface area contributed by atoms with Crippen LogP contribution in [0.15, 0.2) is 77.8 Å². The first-order valence-electron chi connectivity index (χ1n) is 10.1. The van der Waals surface area contributed by atoms with Crippen LogP contribution in [0.4, 0.5) is 40.6 Å². The predicted molar refractivity (Wildman–Crippen MR) is 128 cm³/mol. The van der Waals surface area contributed by atoms with Crippen molar-refractivity contribution in [1.29, 1.82) is 5.26 Å². The lowest BCUT2D eigenvalue weighted by molar-refractivity contribution is 0.112. The number of nitriles is 1. The Morgan fingerprint density at radius 2 is 1.20 bits per heavy atom. The summed E-state index contributed by atoms with van der Waals surface area (Å²) in [5.74, 6) is 1.13. The highest BCUT2D eigenvalue weighted by Crippen LogP contribution is 2.23. The van der Waals surface area contributed by atoms with Crippen LogP contribution >= 0.6 is 0 Å². The van der Waals surface area contributed by atoms with Crippen molar-refractivity contribution < 1.29 is 14.3 Å². The van der Waals surface area contributed by atoms with E-state index in [1.54, 1.807) is 79.1 Å². The fourth-order valence-corrected chi connectivity index (χ4v) is 2.91. The Hall–Kier alpha value is -5.59. The molecule has 35 heavy (non-hydrogen) atoms. The third-order valence-corrected chi connectivity index (χ3v) is 4.51. The molecule has 4 rings (SSSR count). The average Bonchev–Trinajstić information content (AvgIpc) is 2.87. The van der Waals surface area contributed by atoms with Crippen LogP contribution in [0.5, 0.6) is 5.75 Å². The van der Waals surface area contributed by atoms with E-state index < -0.39 is 0 Å². The minimum atomic E-state index is 0.241. The van der Waals surface area contributed by atoms with Gasteiger partial charge in [-0.3, -0.25) is 4.79 Å². The number of anilines is 6. The van der Waals surface area contributed by atoms with Crippen LogP contribution in [-0.4, -0.2) is 27.3 Å². The van der Waals surface area contributed by atoms with Gasteiger partial charge in [0, 0.05) is 22.6 Å². The summed E-state index contributed by atoms with van der Waals surface area (Å²) in [5, 5.41) is 17.9. The minimum absolute atomic E-state index is 0.241. The molecular formula is C24H16N8O3. The van der Waals surface area contributed by atoms with Crippen molar-refractivity contribution >= 4 is 53.0 Å². The molecule has 0 aliphatic heterocycles. The number of carbonyl (C=O) groups is 1. The summed E-state index contributed by atoms with van der Waals surface area (Å²) in [4.78, 5) is 38.1. The van der Waals surface area contributed by atoms with Gasteiger partial charge in [0.1, 0.15) is 12.0 Å². The van der Waals surface area contributed by atoms with Crippen molar-refractivity contribution in [3.63, 3.8) is 0 Å². The van der Waals surface area contributed by atoms with Crippen LogP contribution in [0.1, 0.15) is 10.4 Å². The van der Waals surface area contributed by atoms with Crippen LogP contribution in [0.3, 0.4) is 0 Å². The highest BCUT2D eigenvalue weighted by atomic mass is 16.5. The van der Waals surface area contributed by atoms with Crippen molar-refractivity contribution in [1.82, 2.24) is 15.0 Å². The third-order valence-electron chi connectivity index (χ3n) is 4.51. The van der Waals surface area contributed by atoms with Gasteiger partial charge in [0.25, 0.3) is 6.26 Å². The molecule has 0 amide bonds. The van der Waals surface area contributed by atoms with E-state index in [4.69, 9.17) is 10.00 Å². The van der Waals surface area contributed by atoms with Crippen LogP contribution in [-0.2, 0) is 4.79 Å². The predicted octanol–water partition coefficient (Wildman–Crippen LogP) is 4.74. The zero-order valence-electron chi connectivity index (χ0n) is 18.0. The molecule has 3 aromatic carbocycles. The maximum Gasteiger partial charge on any atom is 0.292 e. The SMILES string of the molecule is N#COc1ccc(Nc2nc(Nc3ccc(C=O)cc3)nc(Nc3ccc(N=C=O)cc3)n2)cc1. The topological polar surface area (TPSA) is 154 Å². The smallest absolute Gasteiger partial charge is 0.292 e. The Morgan fingerprint density at radius 3 is 1.63 bits per heavy atom. The Kier molecular flexibility index (Phi) is 6.99. The lowest BCUT2D eigenvalue weighted by Crippen LogP contribution is -2.07. The van der Waals surface area contributed by atoms with Crippen LogP contribution in [0, 0.1) is 11.5 Å². The van der Waals surface area contributed by atoms with Gasteiger partial charge in [0.15, 0.2) is 0 Å². The number of aromatic nitrogens is 3. The first-order valence-corrected chi connectivity index (χ1v) is 10.1. The lowest BCUT2D eigenvalue weighted by atomic mass is 10.2. The molecule has 0 spiro atoms. The van der Waals surface area contributed by atoms with Crippen LogP contribution in [0.2, 0.25) is 0 Å². The molecule has 3 N–H and O–H groups in total. The van der Waals surface area contributed by atoms with E-state index in [0.29, 0.717) is 34.1 Å². The largest absolute Gasteiger partial charge is 0.388 e. The van der Waals surface area contributed by atoms with Crippen LogP contribution < -0.4 is 20.7 Å². The van der Waals surface area contributed by atoms with E-state index in [1.807, 2.05) is 0 Å². The number of ether oxygens (including phenoxy) is 1. The zero-order valence-corrected chi connectivity index (χ0v) is 18.0. The Bertz CT molecular complexity index is 1410. The maximum atomic E-state index is 10.9. The fraction of sp³-hybridized carbons (Fsp3) is 0. The van der Waals surface area contributed by atoms with Crippen molar-refractivity contribution in [2.75, 3.05) is 16.0 Å². The first kappa shape index (κ1) is 22.6. The van der Waals surface area contributed by atoms with Gasteiger partial charge < -0.3 is 20.7 Å². The number of benzene rings is 3. The quantitative estimate of drug-likeness (QED) is 0.137. The summed E-state index contributed by atoms with van der Waals surface area (Å²) in [6.45, 7) is 0. The van der Waals surface area contributed by atoms with Gasteiger partial charge in [0.2, 0.25) is 23.9 Å². The lowest BCUT2D eigenvalue weighted by Gasteiger charge is -2.12. The summed E-state index contributed by atoms with van der Waals surface area (Å²) in [7, 11) is 0. The number of carbonyl (C=O) groups excluding carboxylic acids is 2. The maximum absolute atomic E-state index is 10.9. The molecule has 0 bridgehead atoms. The molecule has 0 radical (unpaired) electrons. The van der Waals surface area contributed by atoms with Gasteiger partial charge in [-0.05, 0) is 72.8 Å². The van der Waals surface area contributed by atoms with E-state index in [0.717, 1.165) is 6.29 Å². The molecule has 4 aromatic rings.